The highest BCUT2D eigenvalue weighted by Crippen LogP contribution is 2.31. The van der Waals surface area contributed by atoms with Crippen LogP contribution in [-0.2, 0) is 16.1 Å². The molecule has 2 N–H and O–H groups in total. The summed E-state index contributed by atoms with van der Waals surface area (Å²) in [5.74, 6) is -1.10. The number of urea groups is 1. The molecule has 188 valence electrons. The SMILES string of the molecule is CCOC(=O)C1=C(CN2C(=O)c3ccccc3C2=O)N(Cc2ccc(OC)cc2OC)C(=O)NC1O. The standard InChI is InChI=1S/C25H25N3O8/c1-4-36-24(32)20-18(13-28-22(30)16-7-5-6-8-17(16)23(28)31)27(25(33)26-21(20)29)12-14-9-10-15(34-2)11-19(14)35-3/h5-11,21,29H,4,12-13H2,1-3H3,(H,26,33). The normalized spacial score (nSPS) is 17.2. The first-order valence-electron chi connectivity index (χ1n) is 11.1. The fourth-order valence-electron chi connectivity index (χ4n) is 4.15. The Bertz CT molecular complexity index is 1240. The molecule has 11 heteroatoms. The van der Waals surface area contributed by atoms with Gasteiger partial charge in [0.15, 0.2) is 6.23 Å². The van der Waals surface area contributed by atoms with Crippen molar-refractivity contribution in [3.63, 3.8) is 0 Å². The van der Waals surface area contributed by atoms with E-state index in [2.05, 4.69) is 5.32 Å². The number of hydrogen-bond donors (Lipinski definition) is 2. The summed E-state index contributed by atoms with van der Waals surface area (Å²) in [5, 5.41) is 12.9. The quantitative estimate of drug-likeness (QED) is 0.417. The molecule has 0 saturated carbocycles. The lowest BCUT2D eigenvalue weighted by Crippen LogP contribution is -2.54. The molecule has 2 heterocycles. The monoisotopic (exact) mass is 495 g/mol. The molecule has 4 rings (SSSR count). The molecule has 2 aromatic carbocycles. The molecule has 2 aliphatic heterocycles. The van der Waals surface area contributed by atoms with Crippen LogP contribution in [-0.4, -0.2) is 72.3 Å². The lowest BCUT2D eigenvalue weighted by molar-refractivity contribution is -0.140. The zero-order chi connectivity index (χ0) is 26.0. The highest BCUT2D eigenvalue weighted by Gasteiger charge is 2.42. The molecule has 0 fully saturated rings. The van der Waals surface area contributed by atoms with E-state index >= 15 is 0 Å². The summed E-state index contributed by atoms with van der Waals surface area (Å²) < 4.78 is 15.8. The largest absolute Gasteiger partial charge is 0.497 e. The van der Waals surface area contributed by atoms with Crippen LogP contribution in [0, 0.1) is 0 Å². The van der Waals surface area contributed by atoms with Crippen molar-refractivity contribution in [2.24, 2.45) is 0 Å². The van der Waals surface area contributed by atoms with Crippen molar-refractivity contribution in [3.8, 4) is 11.5 Å². The number of nitrogens with one attached hydrogen (secondary N) is 1. The van der Waals surface area contributed by atoms with E-state index < -0.39 is 36.6 Å². The number of fused-ring (bicyclic) bond motifs is 1. The van der Waals surface area contributed by atoms with Crippen molar-refractivity contribution in [1.29, 1.82) is 0 Å². The first-order chi connectivity index (χ1) is 17.3. The lowest BCUT2D eigenvalue weighted by atomic mass is 10.1. The lowest BCUT2D eigenvalue weighted by Gasteiger charge is -2.36. The number of benzene rings is 2. The molecule has 1 unspecified atom stereocenters. The number of hydrogen-bond acceptors (Lipinski definition) is 8. The molecule has 0 bridgehead atoms. The molecule has 4 amide bonds. The number of carbonyl (C=O) groups excluding carboxylic acids is 4. The van der Waals surface area contributed by atoms with E-state index in [-0.39, 0.29) is 35.5 Å². The minimum atomic E-state index is -1.70. The first kappa shape index (κ1) is 24.7. The third kappa shape index (κ3) is 4.36. The Morgan fingerprint density at radius 1 is 0.972 bits per heavy atom. The van der Waals surface area contributed by atoms with E-state index in [0.717, 1.165) is 4.90 Å². The summed E-state index contributed by atoms with van der Waals surface area (Å²) in [4.78, 5) is 54.0. The zero-order valence-electron chi connectivity index (χ0n) is 19.9. The number of methoxy groups -OCH3 is 2. The van der Waals surface area contributed by atoms with Crippen LogP contribution in [0.25, 0.3) is 0 Å². The van der Waals surface area contributed by atoms with Gasteiger partial charge in [0.25, 0.3) is 11.8 Å². The number of rotatable bonds is 8. The van der Waals surface area contributed by atoms with Gasteiger partial charge in [-0.2, -0.15) is 0 Å². The Balaban J connectivity index is 1.78. The molecule has 0 saturated heterocycles. The van der Waals surface area contributed by atoms with Crippen molar-refractivity contribution >= 4 is 23.8 Å². The summed E-state index contributed by atoms with van der Waals surface area (Å²) in [6, 6.07) is 10.6. The molecule has 0 aromatic heterocycles. The van der Waals surface area contributed by atoms with Crippen LogP contribution in [0.4, 0.5) is 4.79 Å². The second-order valence-corrected chi connectivity index (χ2v) is 7.94. The number of carbonyl (C=O) groups is 4. The van der Waals surface area contributed by atoms with Gasteiger partial charge in [0, 0.05) is 11.6 Å². The van der Waals surface area contributed by atoms with Gasteiger partial charge >= 0.3 is 12.0 Å². The molecular weight excluding hydrogens is 470 g/mol. The van der Waals surface area contributed by atoms with Crippen molar-refractivity contribution < 1.29 is 38.5 Å². The minimum absolute atomic E-state index is 0.00952. The summed E-state index contributed by atoms with van der Waals surface area (Å²) in [5.41, 5.74) is 0.653. The van der Waals surface area contributed by atoms with E-state index in [0.29, 0.717) is 17.1 Å². The Morgan fingerprint density at radius 3 is 2.22 bits per heavy atom. The van der Waals surface area contributed by atoms with E-state index in [1.165, 1.54) is 31.3 Å². The maximum absolute atomic E-state index is 13.0. The average molecular weight is 495 g/mol. The molecule has 1 atom stereocenters. The molecule has 2 aliphatic rings. The van der Waals surface area contributed by atoms with Gasteiger partial charge < -0.3 is 24.6 Å². The third-order valence-electron chi connectivity index (χ3n) is 5.92. The van der Waals surface area contributed by atoms with Crippen molar-refractivity contribution in [2.45, 2.75) is 19.7 Å². The molecule has 11 nitrogen and oxygen atoms in total. The van der Waals surface area contributed by atoms with Crippen LogP contribution in [0.3, 0.4) is 0 Å². The number of imide groups is 1. The number of amides is 4. The Morgan fingerprint density at radius 2 is 1.64 bits per heavy atom. The number of ether oxygens (including phenoxy) is 3. The molecule has 2 aromatic rings. The Labute approximate surface area is 206 Å². The fraction of sp³-hybridized carbons (Fsp3) is 0.280. The van der Waals surface area contributed by atoms with Gasteiger partial charge in [-0.25, -0.2) is 9.59 Å². The van der Waals surface area contributed by atoms with Crippen LogP contribution in [0.2, 0.25) is 0 Å². The van der Waals surface area contributed by atoms with Crippen molar-refractivity contribution in [2.75, 3.05) is 27.4 Å². The molecule has 0 aliphatic carbocycles. The van der Waals surface area contributed by atoms with Crippen LogP contribution in [0.1, 0.15) is 33.2 Å². The third-order valence-corrected chi connectivity index (χ3v) is 5.92. The van der Waals surface area contributed by atoms with Crippen molar-refractivity contribution in [1.82, 2.24) is 15.1 Å². The van der Waals surface area contributed by atoms with Crippen LogP contribution < -0.4 is 14.8 Å². The molecule has 36 heavy (non-hydrogen) atoms. The Hall–Kier alpha value is -4.38. The van der Waals surface area contributed by atoms with Gasteiger partial charge in [-0.1, -0.05) is 12.1 Å². The van der Waals surface area contributed by atoms with Gasteiger partial charge in [-0.15, -0.1) is 0 Å². The van der Waals surface area contributed by atoms with Crippen LogP contribution in [0.15, 0.2) is 53.7 Å². The highest BCUT2D eigenvalue weighted by atomic mass is 16.5. The van der Waals surface area contributed by atoms with Gasteiger partial charge in [0.2, 0.25) is 0 Å². The topological polar surface area (TPSA) is 135 Å². The maximum Gasteiger partial charge on any atom is 0.340 e. The second kappa shape index (κ2) is 10.1. The van der Waals surface area contributed by atoms with E-state index in [1.54, 1.807) is 37.3 Å². The minimum Gasteiger partial charge on any atom is -0.497 e. The van der Waals surface area contributed by atoms with Gasteiger partial charge in [-0.05, 0) is 31.2 Å². The summed E-state index contributed by atoms with van der Waals surface area (Å²) >= 11 is 0. The van der Waals surface area contributed by atoms with Gasteiger partial charge in [0.05, 0.1) is 50.7 Å². The number of aliphatic hydroxyl groups excluding tert-OH is 1. The van der Waals surface area contributed by atoms with Crippen LogP contribution in [0.5, 0.6) is 11.5 Å². The molecular formula is C25H25N3O8. The molecule has 0 radical (unpaired) electrons. The summed E-state index contributed by atoms with van der Waals surface area (Å²) in [7, 11) is 2.96. The Kier molecular flexibility index (Phi) is 6.93. The van der Waals surface area contributed by atoms with E-state index in [4.69, 9.17) is 14.2 Å². The fourth-order valence-corrected chi connectivity index (χ4v) is 4.15. The smallest absolute Gasteiger partial charge is 0.340 e. The van der Waals surface area contributed by atoms with Crippen molar-refractivity contribution in [3.05, 3.63) is 70.4 Å². The predicted molar refractivity (Wildman–Crippen MR) is 125 cm³/mol. The zero-order valence-corrected chi connectivity index (χ0v) is 19.9. The predicted octanol–water partition coefficient (Wildman–Crippen LogP) is 1.66. The number of aliphatic hydroxyl groups is 1. The second-order valence-electron chi connectivity index (χ2n) is 7.94. The van der Waals surface area contributed by atoms with Gasteiger partial charge in [0.1, 0.15) is 17.1 Å². The van der Waals surface area contributed by atoms with Crippen LogP contribution >= 0.6 is 0 Å². The molecule has 0 spiro atoms. The van der Waals surface area contributed by atoms with E-state index in [1.807, 2.05) is 0 Å². The maximum atomic E-state index is 13.0. The highest BCUT2D eigenvalue weighted by molar-refractivity contribution is 6.21. The number of esters is 1. The van der Waals surface area contributed by atoms with E-state index in [9.17, 15) is 24.3 Å². The first-order valence-corrected chi connectivity index (χ1v) is 11.1. The number of nitrogens with zero attached hydrogens (tertiary/aromatic N) is 2. The summed E-state index contributed by atoms with van der Waals surface area (Å²) in [6.07, 6.45) is -1.70. The van der Waals surface area contributed by atoms with Gasteiger partial charge in [-0.3, -0.25) is 19.4 Å². The average Bonchev–Trinajstić information content (AvgIpc) is 3.11. The summed E-state index contributed by atoms with van der Waals surface area (Å²) in [6.45, 7) is 1.06.